The molecule has 1 aliphatic carbocycles. The van der Waals surface area contributed by atoms with E-state index in [4.69, 9.17) is 30.6 Å². The minimum absolute atomic E-state index is 0.0218. The van der Waals surface area contributed by atoms with E-state index < -0.39 is 17.8 Å². The lowest BCUT2D eigenvalue weighted by atomic mass is 9.80. The second kappa shape index (κ2) is 77.3. The monoisotopic (exact) mass is 2060 g/mol. The molecule has 41 nitrogen and oxygen atoms in total. The molecule has 4 aliphatic rings. The number of carbonyl (C=O) groups is 11. The number of nitrogens with zero attached hydrogens (tertiary/aromatic N) is 14. The third-order valence-electron chi connectivity index (χ3n) is 22.5. The highest BCUT2D eigenvalue weighted by atomic mass is 16.5. The number of aromatic nitrogens is 10. The number of β-amino-alcohol motifs (C(OH)–C–C–N with tert-alkyl or cyclic N) is 3. The maximum absolute atomic E-state index is 11.8. The van der Waals surface area contributed by atoms with Crippen LogP contribution in [0.25, 0.3) is 4.85 Å². The van der Waals surface area contributed by atoms with Gasteiger partial charge < -0.3 is 95.9 Å². The topological polar surface area (TPSA) is 567 Å². The van der Waals surface area contributed by atoms with Crippen molar-refractivity contribution in [1.82, 2.24) is 80.5 Å². The van der Waals surface area contributed by atoms with Crippen molar-refractivity contribution in [3.8, 4) is 11.8 Å². The van der Waals surface area contributed by atoms with Crippen LogP contribution in [0.1, 0.15) is 323 Å². The number of piperidine rings is 1. The number of amides is 11. The molecule has 147 heavy (non-hydrogen) atoms. The maximum Gasteiger partial charge on any atom is 0.371 e. The fourth-order valence-electron chi connectivity index (χ4n) is 13.1. The standard InChI is InChI=1S/C11H14N4O.2C11H17N3O2.C11H20N2O2.2C11H21NO2.C10H15N3O.2C10H16N2O2.C10H19NO3/c1-8(2)4-5-10(16)15-9-6-13-11(12-3)14-7-9;1-8(2)4-5-10(15)13-9-6-12-7-11(14-9)16-3;1-8(2)4-5-9(15)13-11-12-7-6-10(14-11)16-3;1-8(2)5-6-10(14)13-7-3-4-9(13)11(12)15;1-9(2)4-5-10(13)12-8-11(14)6-3-7-11;1-9(2)5-6-11(14)12-7-3-4-10(13)8-12;1-8(2)3-4-10(14)13-9-5-11-7-12-6-9;1-8(2)3-4-10(13)12-6-9-5-11-7-14-9;1-8(2)3-4-9(13)12-7-10-11-5-6-14-10;1-7(2)3-4-10(14)11-5-8(12)9(13)6-11/h6-8H,4-5H2,1-2H3,(H,15,16);6-8H,4-5H2,1-3H3,(H,13,14,15);6-8H,4-5H2,1-3H3,(H,12,13,14,15);8-9H,3-7H2,1-2H3,(H2,12,15);9,14H,3-8H2,1-2H3,(H,12,13);9-10,13H,3-8H2,1-2H3;5-8H,3-4H2,1-2H3,(H,13,14);5,7-8H,3-4,6H2,1-2H3,(H,12,13);5-6,8H,3-4,7H2,1-2H3,(H,12,13);7-9,12-13H,3-6H2,1-2H3. The molecule has 4 atom stereocenters. The Labute approximate surface area is 871 Å². The lowest BCUT2D eigenvalue weighted by Gasteiger charge is -2.36. The number of likely N-dealkylation sites (tertiary alicyclic amines) is 3. The van der Waals surface area contributed by atoms with Crippen LogP contribution >= 0.6 is 0 Å². The van der Waals surface area contributed by atoms with Crippen LogP contribution in [-0.2, 0) is 65.8 Å². The number of primary amides is 1. The first-order chi connectivity index (χ1) is 69.5. The molecule has 0 aromatic carbocycles. The Balaban J connectivity index is 0.000000817. The van der Waals surface area contributed by atoms with E-state index >= 15 is 0 Å². The minimum Gasteiger partial charge on any atom is -0.481 e. The predicted octanol–water partition coefficient (Wildman–Crippen LogP) is 15.2. The van der Waals surface area contributed by atoms with Gasteiger partial charge in [-0.3, -0.25) is 63.0 Å². The summed E-state index contributed by atoms with van der Waals surface area (Å²) in [6.07, 6.45) is 36.7. The molecule has 0 bridgehead atoms. The molecule has 0 radical (unpaired) electrons. The highest BCUT2D eigenvalue weighted by molar-refractivity contribution is 5.92. The van der Waals surface area contributed by atoms with Crippen molar-refractivity contribution in [1.29, 1.82) is 0 Å². The van der Waals surface area contributed by atoms with E-state index in [1.165, 1.54) is 62.9 Å². The molecule has 1 saturated carbocycles. The summed E-state index contributed by atoms with van der Waals surface area (Å²) >= 11 is 0. The summed E-state index contributed by atoms with van der Waals surface area (Å²) in [5.41, 5.74) is 5.84. The van der Waals surface area contributed by atoms with Crippen molar-refractivity contribution in [2.75, 3.05) is 74.8 Å². The van der Waals surface area contributed by atoms with E-state index in [0.717, 1.165) is 116 Å². The summed E-state index contributed by atoms with van der Waals surface area (Å²) in [6, 6.07) is 1.27. The van der Waals surface area contributed by atoms with Crippen LogP contribution in [-0.4, -0.2) is 233 Å². The van der Waals surface area contributed by atoms with Crippen LogP contribution in [0, 0.1) is 65.8 Å². The molecule has 41 heteroatoms. The van der Waals surface area contributed by atoms with E-state index in [9.17, 15) is 73.2 Å². The van der Waals surface area contributed by atoms with Gasteiger partial charge in [0.15, 0.2) is 12.2 Å². The van der Waals surface area contributed by atoms with Crippen LogP contribution in [0.2, 0.25) is 0 Å². The molecular formula is C106H176N22O19. The minimum atomic E-state index is -0.766. The van der Waals surface area contributed by atoms with Gasteiger partial charge in [-0.2, -0.15) is 19.9 Å². The average Bonchev–Trinajstić information content (AvgIpc) is 0.974. The van der Waals surface area contributed by atoms with Gasteiger partial charge in [-0.05, 0) is 168 Å². The molecule has 6 aromatic heterocycles. The van der Waals surface area contributed by atoms with E-state index in [1.807, 2.05) is 0 Å². The Bertz CT molecular complexity index is 4510. The number of carbonyl (C=O) groups excluding carboxylic acids is 11. The fraction of sp³-hybridized carbons (Fsp3) is 0.679. The maximum atomic E-state index is 11.8. The van der Waals surface area contributed by atoms with Gasteiger partial charge in [0.1, 0.15) is 42.5 Å². The highest BCUT2D eigenvalue weighted by Gasteiger charge is 2.36. The summed E-state index contributed by atoms with van der Waals surface area (Å²) in [7, 11) is 3.03. The second-order valence-corrected chi connectivity index (χ2v) is 40.9. The van der Waals surface area contributed by atoms with Crippen molar-refractivity contribution in [2.24, 2.45) is 64.9 Å². The van der Waals surface area contributed by atoms with Crippen molar-refractivity contribution < 1.29 is 91.5 Å². The van der Waals surface area contributed by atoms with Crippen molar-refractivity contribution in [3.05, 3.63) is 104 Å². The van der Waals surface area contributed by atoms with E-state index in [2.05, 4.69) is 230 Å². The van der Waals surface area contributed by atoms with Crippen molar-refractivity contribution in [2.45, 2.75) is 355 Å². The summed E-state index contributed by atoms with van der Waals surface area (Å²) in [4.78, 5) is 172. The first-order valence-corrected chi connectivity index (χ1v) is 51.9. The third-order valence-corrected chi connectivity index (χ3v) is 22.5. The molecule has 4 unspecified atom stereocenters. The Morgan fingerprint density at radius 2 is 0.884 bits per heavy atom. The number of aliphatic hydroxyl groups is 4. The molecule has 13 N–H and O–H groups in total. The van der Waals surface area contributed by atoms with Crippen LogP contribution in [0.3, 0.4) is 0 Å². The molecule has 9 heterocycles. The van der Waals surface area contributed by atoms with Gasteiger partial charge in [-0.25, -0.2) is 24.9 Å². The molecule has 3 aliphatic heterocycles. The zero-order chi connectivity index (χ0) is 110. The van der Waals surface area contributed by atoms with Gasteiger partial charge in [0.05, 0.1) is 94.1 Å². The van der Waals surface area contributed by atoms with Gasteiger partial charge in [0, 0.05) is 116 Å². The molecule has 6 aromatic rings. The molecular weight excluding hydrogens is 1890 g/mol. The van der Waals surface area contributed by atoms with Gasteiger partial charge in [0.25, 0.3) is 0 Å². The zero-order valence-corrected chi connectivity index (χ0v) is 91.6. The Kier molecular flexibility index (Phi) is 69.8. The number of aliphatic hydroxyl groups excluding tert-OH is 3. The molecule has 4 fully saturated rings. The van der Waals surface area contributed by atoms with Crippen LogP contribution < -0.4 is 52.4 Å². The van der Waals surface area contributed by atoms with E-state index in [0.29, 0.717) is 197 Å². The van der Waals surface area contributed by atoms with Crippen LogP contribution in [0.4, 0.5) is 29.1 Å². The Morgan fingerprint density at radius 1 is 0.449 bits per heavy atom. The Hall–Kier alpha value is -12.2. The van der Waals surface area contributed by atoms with Crippen molar-refractivity contribution >= 4 is 94.1 Å². The largest absolute Gasteiger partial charge is 0.481 e. The number of nitrogens with one attached hydrogen (secondary N) is 7. The van der Waals surface area contributed by atoms with Gasteiger partial charge >= 0.3 is 5.95 Å². The number of anilines is 4. The van der Waals surface area contributed by atoms with Gasteiger partial charge in [0.2, 0.25) is 88.6 Å². The third kappa shape index (κ3) is 68.8. The fourth-order valence-corrected chi connectivity index (χ4v) is 13.1. The van der Waals surface area contributed by atoms with Gasteiger partial charge in [-0.1, -0.05) is 138 Å². The summed E-state index contributed by atoms with van der Waals surface area (Å²) in [5.74, 6) is 8.21. The quantitative estimate of drug-likeness (QED) is 0.0158. The molecule has 10 rings (SSSR count). The Morgan fingerprint density at radius 3 is 1.31 bits per heavy atom. The molecule has 3 saturated heterocycles. The van der Waals surface area contributed by atoms with Crippen LogP contribution in [0.5, 0.6) is 11.8 Å². The summed E-state index contributed by atoms with van der Waals surface area (Å²) in [6.45, 7) is 52.3. The smallest absolute Gasteiger partial charge is 0.371 e. The number of nitrogens with two attached hydrogens (primary N) is 1. The molecule has 0 spiro atoms. The van der Waals surface area contributed by atoms with Crippen LogP contribution in [0.15, 0.2) is 89.7 Å². The normalized spacial score (nSPS) is 15.0. The number of hydrogen-bond donors (Lipinski definition) is 12. The predicted molar refractivity (Wildman–Crippen MR) is 566 cm³/mol. The number of methoxy groups -OCH3 is 2. The van der Waals surface area contributed by atoms with E-state index in [1.54, 1.807) is 46.9 Å². The second-order valence-electron chi connectivity index (χ2n) is 40.9. The number of hydrogen-bond acceptors (Lipinski definition) is 29. The molecule has 824 valence electrons. The lowest BCUT2D eigenvalue weighted by molar-refractivity contribution is -0.137. The van der Waals surface area contributed by atoms with Crippen molar-refractivity contribution in [3.63, 3.8) is 0 Å². The summed E-state index contributed by atoms with van der Waals surface area (Å²) < 4.78 is 19.8. The number of oxazole rings is 2. The number of rotatable bonds is 43. The van der Waals surface area contributed by atoms with E-state index in [-0.39, 0.29) is 102 Å². The summed E-state index contributed by atoms with van der Waals surface area (Å²) in [5, 5.41) is 56.7. The lowest BCUT2D eigenvalue weighted by Crippen LogP contribution is -2.47. The molecule has 11 amide bonds. The number of ether oxygens (including phenoxy) is 2. The highest BCUT2D eigenvalue weighted by Crippen LogP contribution is 2.31. The average molecular weight is 2060 g/mol. The first kappa shape index (κ1) is 133. The SMILES string of the molecule is CC(C)CCC(=O)N1CC(O)C(O)C1.CC(C)CCC(=O)N1CCCC(O)C1.CC(C)CCC(=O)N1CCCC1C(N)=O.CC(C)CCC(=O)NCC1(O)CCC1.CC(C)CCC(=O)NCc1cnco1.CC(C)CCC(=O)NCc1ncco1.CC(C)CCC(=O)Nc1cncnc1.COc1ccnc(NC(=O)CCC(C)C)n1.COc1cncc(NC(=O)CCC(C)C)n1.[C-]#[N+]c1ncc(NC(=O)CCC(C)C)cn1. The van der Waals surface area contributed by atoms with Gasteiger partial charge in [-0.15, -0.1) is 6.57 Å². The first-order valence-electron chi connectivity index (χ1n) is 51.9. The zero-order valence-electron chi connectivity index (χ0n) is 91.6.